The van der Waals surface area contributed by atoms with E-state index in [2.05, 4.69) is 0 Å². The van der Waals surface area contributed by atoms with Gasteiger partial charge in [-0.05, 0) is 22.8 Å². The highest BCUT2D eigenvalue weighted by Crippen LogP contribution is 2.22. The van der Waals surface area contributed by atoms with Gasteiger partial charge in [-0.3, -0.25) is 0 Å². The molecule has 0 aromatic heterocycles. The van der Waals surface area contributed by atoms with Crippen LogP contribution in [0.1, 0.15) is 11.6 Å². The van der Waals surface area contributed by atoms with E-state index < -0.39 is 12.7 Å². The molecule has 2 heteroatoms. The molecule has 0 bridgehead atoms. The zero-order chi connectivity index (χ0) is 11.4. The molecule has 0 aliphatic rings. The first kappa shape index (κ1) is 10.8. The van der Waals surface area contributed by atoms with Crippen molar-refractivity contribution in [2.24, 2.45) is 5.73 Å². The fourth-order valence-electron chi connectivity index (χ4n) is 1.67. The number of hydrogen-bond donors (Lipinski definition) is 1. The van der Waals surface area contributed by atoms with Crippen LogP contribution < -0.4 is 5.73 Å². The fourth-order valence-corrected chi connectivity index (χ4v) is 1.67. The van der Waals surface area contributed by atoms with Gasteiger partial charge in [-0.25, -0.2) is 4.39 Å². The third-order valence-electron chi connectivity index (χ3n) is 2.59. The fraction of sp³-hybridized carbons (Fsp3) is 0.143. The molecule has 0 heterocycles. The smallest absolute Gasteiger partial charge is 0.109 e. The van der Waals surface area contributed by atoms with Crippen LogP contribution in [-0.4, -0.2) is 6.67 Å². The molecule has 2 aromatic carbocycles. The van der Waals surface area contributed by atoms with Gasteiger partial charge in [0.1, 0.15) is 6.67 Å². The van der Waals surface area contributed by atoms with Crippen molar-refractivity contribution in [3.63, 3.8) is 0 Å². The van der Waals surface area contributed by atoms with Crippen molar-refractivity contribution in [2.75, 3.05) is 6.67 Å². The first-order chi connectivity index (χ1) is 7.81. The molecule has 0 unspecified atom stereocenters. The van der Waals surface area contributed by atoms with Crippen LogP contribution in [-0.2, 0) is 0 Å². The van der Waals surface area contributed by atoms with Gasteiger partial charge < -0.3 is 5.73 Å². The normalized spacial score (nSPS) is 12.4. The molecule has 1 atom stereocenters. The van der Waals surface area contributed by atoms with Crippen molar-refractivity contribution in [1.82, 2.24) is 0 Å². The predicted octanol–water partition coefficient (Wildman–Crippen LogP) is 3.32. The Morgan fingerprint density at radius 3 is 2.31 bits per heavy atom. The molecule has 0 amide bonds. The van der Waals surface area contributed by atoms with Gasteiger partial charge in [-0.1, -0.05) is 48.5 Å². The Kier molecular flexibility index (Phi) is 3.32. The highest BCUT2D eigenvalue weighted by atomic mass is 19.1. The summed E-state index contributed by atoms with van der Waals surface area (Å²) >= 11 is 0. The van der Waals surface area contributed by atoms with E-state index in [-0.39, 0.29) is 0 Å². The van der Waals surface area contributed by atoms with Crippen molar-refractivity contribution in [1.29, 1.82) is 0 Å². The highest BCUT2D eigenvalue weighted by molar-refractivity contribution is 5.64. The van der Waals surface area contributed by atoms with Crippen molar-refractivity contribution in [2.45, 2.75) is 6.04 Å². The van der Waals surface area contributed by atoms with Gasteiger partial charge in [-0.2, -0.15) is 0 Å². The minimum atomic E-state index is -0.530. The van der Waals surface area contributed by atoms with Gasteiger partial charge in [0.2, 0.25) is 0 Å². The molecule has 1 nitrogen and oxygen atoms in total. The summed E-state index contributed by atoms with van der Waals surface area (Å²) in [5.41, 5.74) is 8.70. The Bertz CT molecular complexity index is 453. The van der Waals surface area contributed by atoms with Crippen LogP contribution >= 0.6 is 0 Å². The SMILES string of the molecule is N[C@H](CF)c1cccc(-c2ccccc2)c1. The minimum absolute atomic E-state index is 0.524. The van der Waals surface area contributed by atoms with E-state index in [1.165, 1.54) is 0 Å². The molecular weight excluding hydrogens is 201 g/mol. The number of nitrogens with two attached hydrogens (primary N) is 1. The summed E-state index contributed by atoms with van der Waals surface area (Å²) in [6.07, 6.45) is 0. The van der Waals surface area contributed by atoms with Gasteiger partial charge in [0.05, 0.1) is 6.04 Å². The van der Waals surface area contributed by atoms with E-state index in [9.17, 15) is 4.39 Å². The molecule has 0 aliphatic carbocycles. The zero-order valence-electron chi connectivity index (χ0n) is 8.94. The van der Waals surface area contributed by atoms with E-state index >= 15 is 0 Å². The van der Waals surface area contributed by atoms with Crippen molar-refractivity contribution in [3.05, 3.63) is 60.2 Å². The van der Waals surface area contributed by atoms with Gasteiger partial charge >= 0.3 is 0 Å². The van der Waals surface area contributed by atoms with Crippen LogP contribution in [0.25, 0.3) is 11.1 Å². The molecule has 0 spiro atoms. The number of halogens is 1. The quantitative estimate of drug-likeness (QED) is 0.835. The Labute approximate surface area is 94.7 Å². The zero-order valence-corrected chi connectivity index (χ0v) is 8.94. The van der Waals surface area contributed by atoms with Crippen LogP contribution in [0.3, 0.4) is 0 Å². The first-order valence-electron chi connectivity index (χ1n) is 5.28. The maximum Gasteiger partial charge on any atom is 0.109 e. The van der Waals surface area contributed by atoms with Crippen LogP contribution in [0.5, 0.6) is 0 Å². The van der Waals surface area contributed by atoms with Crippen LogP contribution in [0.2, 0.25) is 0 Å². The van der Waals surface area contributed by atoms with Crippen LogP contribution in [0.4, 0.5) is 4.39 Å². The summed E-state index contributed by atoms with van der Waals surface area (Å²) in [5, 5.41) is 0. The molecule has 0 fully saturated rings. The Balaban J connectivity index is 2.36. The van der Waals surface area contributed by atoms with E-state index in [0.717, 1.165) is 16.7 Å². The monoisotopic (exact) mass is 215 g/mol. The third kappa shape index (κ3) is 2.28. The Morgan fingerprint density at radius 1 is 0.938 bits per heavy atom. The summed E-state index contributed by atoms with van der Waals surface area (Å²) in [6, 6.07) is 17.2. The summed E-state index contributed by atoms with van der Waals surface area (Å²) in [5.74, 6) is 0. The minimum Gasteiger partial charge on any atom is -0.322 e. The summed E-state index contributed by atoms with van der Waals surface area (Å²) in [7, 11) is 0. The Morgan fingerprint density at radius 2 is 1.62 bits per heavy atom. The van der Waals surface area contributed by atoms with Crippen LogP contribution in [0, 0.1) is 0 Å². The van der Waals surface area contributed by atoms with Gasteiger partial charge in [-0.15, -0.1) is 0 Å². The molecule has 2 N–H and O–H groups in total. The molecule has 0 saturated carbocycles. The summed E-state index contributed by atoms with van der Waals surface area (Å²) < 4.78 is 12.5. The second kappa shape index (κ2) is 4.90. The maximum absolute atomic E-state index is 12.5. The Hall–Kier alpha value is -1.67. The summed E-state index contributed by atoms with van der Waals surface area (Å²) in [6.45, 7) is -0.530. The molecule has 0 aliphatic heterocycles. The highest BCUT2D eigenvalue weighted by Gasteiger charge is 2.06. The number of benzene rings is 2. The topological polar surface area (TPSA) is 26.0 Å². The predicted molar refractivity (Wildman–Crippen MR) is 64.8 cm³/mol. The van der Waals surface area contributed by atoms with Crippen LogP contribution in [0.15, 0.2) is 54.6 Å². The second-order valence-electron chi connectivity index (χ2n) is 3.75. The lowest BCUT2D eigenvalue weighted by molar-refractivity contribution is 0.437. The third-order valence-corrected chi connectivity index (χ3v) is 2.59. The lowest BCUT2D eigenvalue weighted by Crippen LogP contribution is -2.11. The average Bonchev–Trinajstić information content (AvgIpc) is 2.39. The largest absolute Gasteiger partial charge is 0.322 e. The second-order valence-corrected chi connectivity index (χ2v) is 3.75. The number of rotatable bonds is 3. The van der Waals surface area contributed by atoms with Gasteiger partial charge in [0.25, 0.3) is 0 Å². The summed E-state index contributed by atoms with van der Waals surface area (Å²) in [4.78, 5) is 0. The molecule has 82 valence electrons. The van der Waals surface area contributed by atoms with Gasteiger partial charge in [0.15, 0.2) is 0 Å². The van der Waals surface area contributed by atoms with Crippen molar-refractivity contribution < 1.29 is 4.39 Å². The van der Waals surface area contributed by atoms with Crippen molar-refractivity contribution in [3.8, 4) is 11.1 Å². The molecule has 2 aromatic rings. The molecule has 16 heavy (non-hydrogen) atoms. The van der Waals surface area contributed by atoms with Gasteiger partial charge in [0, 0.05) is 0 Å². The molecule has 0 saturated heterocycles. The standard InChI is InChI=1S/C14H14FN/c15-10-14(16)13-8-4-7-12(9-13)11-5-2-1-3-6-11/h1-9,14H,10,16H2/t14-/m1/s1. The first-order valence-corrected chi connectivity index (χ1v) is 5.28. The lowest BCUT2D eigenvalue weighted by Gasteiger charge is -2.09. The molecule has 2 rings (SSSR count). The molecular formula is C14H14FN. The van der Waals surface area contributed by atoms with E-state index in [1.54, 1.807) is 0 Å². The number of alkyl halides is 1. The van der Waals surface area contributed by atoms with Crippen molar-refractivity contribution >= 4 is 0 Å². The number of hydrogen-bond acceptors (Lipinski definition) is 1. The maximum atomic E-state index is 12.5. The van der Waals surface area contributed by atoms with E-state index in [4.69, 9.17) is 5.73 Å². The van der Waals surface area contributed by atoms with E-state index in [1.807, 2.05) is 54.6 Å². The lowest BCUT2D eigenvalue weighted by atomic mass is 10.0. The molecule has 0 radical (unpaired) electrons. The average molecular weight is 215 g/mol. The van der Waals surface area contributed by atoms with E-state index in [0.29, 0.717) is 0 Å².